The van der Waals surface area contributed by atoms with Gasteiger partial charge >= 0.3 is 6.09 Å². The van der Waals surface area contributed by atoms with E-state index in [1.807, 2.05) is 39.0 Å². The number of carbonyl (C=O) groups is 2. The quantitative estimate of drug-likeness (QED) is 0.426. The average Bonchev–Trinajstić information content (AvgIpc) is 2.88. The van der Waals surface area contributed by atoms with Gasteiger partial charge in [-0.3, -0.25) is 9.69 Å². The molecule has 0 spiro atoms. The Labute approximate surface area is 245 Å². The minimum atomic E-state index is -0.683. The summed E-state index contributed by atoms with van der Waals surface area (Å²) in [4.78, 5) is 31.1. The number of amides is 2. The van der Waals surface area contributed by atoms with E-state index in [0.29, 0.717) is 24.6 Å². The van der Waals surface area contributed by atoms with Gasteiger partial charge in [0.1, 0.15) is 23.2 Å². The minimum absolute atomic E-state index is 0.0330. The molecule has 4 rings (SSSR count). The Morgan fingerprint density at radius 1 is 1.17 bits per heavy atom. The van der Waals surface area contributed by atoms with Crippen molar-refractivity contribution in [2.45, 2.75) is 84.4 Å². The van der Waals surface area contributed by atoms with E-state index in [9.17, 15) is 19.8 Å². The SMILES string of the molecule is CC(C)[C@@H](CN1CC[C@@](C)(c2cccc(O)c2)[C@@H](C)C1)NC(=O)[C@H]1CC2C=CC(O)=CC2CN1C(=O)OC(C)(C)C. The van der Waals surface area contributed by atoms with Crippen LogP contribution in [0.2, 0.25) is 0 Å². The van der Waals surface area contributed by atoms with Crippen molar-refractivity contribution in [1.29, 1.82) is 0 Å². The molecule has 2 saturated heterocycles. The van der Waals surface area contributed by atoms with Crippen LogP contribution < -0.4 is 5.32 Å². The van der Waals surface area contributed by atoms with Crippen molar-refractivity contribution in [2.24, 2.45) is 23.7 Å². The molecule has 1 aliphatic carbocycles. The number of hydrogen-bond acceptors (Lipinski definition) is 6. The fourth-order valence-electron chi connectivity index (χ4n) is 6.47. The zero-order chi connectivity index (χ0) is 30.1. The predicted molar refractivity (Wildman–Crippen MR) is 161 cm³/mol. The fourth-order valence-corrected chi connectivity index (χ4v) is 6.47. The van der Waals surface area contributed by atoms with Crippen molar-refractivity contribution in [3.05, 3.63) is 53.8 Å². The molecule has 8 heteroatoms. The molecule has 6 atom stereocenters. The van der Waals surface area contributed by atoms with Gasteiger partial charge in [-0.1, -0.05) is 45.9 Å². The van der Waals surface area contributed by atoms with Gasteiger partial charge in [-0.05, 0) is 93.2 Å². The first-order valence-electron chi connectivity index (χ1n) is 15.1. The highest BCUT2D eigenvalue weighted by Gasteiger charge is 2.43. The lowest BCUT2D eigenvalue weighted by Crippen LogP contribution is -2.60. The van der Waals surface area contributed by atoms with Gasteiger partial charge in [0.2, 0.25) is 5.91 Å². The standard InChI is InChI=1S/C33H49N3O5/c1-21(2)28(20-35-14-13-33(7,22(3)18-35)25-9-8-10-26(37)17-25)34-30(39)29-16-23-11-12-27(38)15-24(23)19-36(29)31(40)41-32(4,5)6/h8-12,15,17,21-24,28-29,37-38H,13-14,16,18-20H2,1-7H3,(H,34,39)/t22-,23?,24?,28+,29+,33+/m0/s1. The smallest absolute Gasteiger partial charge is 0.410 e. The molecule has 3 aliphatic rings. The molecule has 0 bridgehead atoms. The lowest BCUT2D eigenvalue weighted by atomic mass is 9.68. The monoisotopic (exact) mass is 567 g/mol. The van der Waals surface area contributed by atoms with Crippen LogP contribution >= 0.6 is 0 Å². The molecule has 1 aromatic carbocycles. The Balaban J connectivity index is 1.45. The number of phenolic OH excluding ortho intramolecular Hbond substituents is 1. The molecule has 2 amide bonds. The molecule has 2 aliphatic heterocycles. The number of aliphatic hydroxyl groups is 1. The van der Waals surface area contributed by atoms with E-state index < -0.39 is 17.7 Å². The lowest BCUT2D eigenvalue weighted by molar-refractivity contribution is -0.130. The number of likely N-dealkylation sites (tertiary alicyclic amines) is 2. The van der Waals surface area contributed by atoms with Crippen LogP contribution in [0, 0.1) is 23.7 Å². The maximum atomic E-state index is 13.9. The number of benzene rings is 1. The number of aliphatic hydroxyl groups excluding tert-OH is 1. The Bertz CT molecular complexity index is 1170. The van der Waals surface area contributed by atoms with Crippen LogP contribution in [0.4, 0.5) is 4.79 Å². The summed E-state index contributed by atoms with van der Waals surface area (Å²) < 4.78 is 5.70. The van der Waals surface area contributed by atoms with E-state index in [0.717, 1.165) is 31.6 Å². The van der Waals surface area contributed by atoms with Crippen LogP contribution in [0.5, 0.6) is 5.75 Å². The summed E-state index contributed by atoms with van der Waals surface area (Å²) in [5.74, 6) is 0.899. The molecule has 0 aromatic heterocycles. The summed E-state index contributed by atoms with van der Waals surface area (Å²) in [7, 11) is 0. The Hall–Kier alpha value is -3.00. The molecule has 2 heterocycles. The summed E-state index contributed by atoms with van der Waals surface area (Å²) in [6.45, 7) is 17.1. The Morgan fingerprint density at radius 2 is 1.90 bits per heavy atom. The van der Waals surface area contributed by atoms with E-state index in [2.05, 4.69) is 44.0 Å². The highest BCUT2D eigenvalue weighted by molar-refractivity contribution is 5.86. The molecule has 0 saturated carbocycles. The van der Waals surface area contributed by atoms with Crippen molar-refractivity contribution in [3.63, 3.8) is 0 Å². The second-order valence-electron chi connectivity index (χ2n) is 13.9. The van der Waals surface area contributed by atoms with Gasteiger partial charge in [-0.25, -0.2) is 4.79 Å². The third-order valence-electron chi connectivity index (χ3n) is 9.32. The van der Waals surface area contributed by atoms with E-state index in [-0.39, 0.29) is 40.9 Å². The van der Waals surface area contributed by atoms with E-state index in [4.69, 9.17) is 4.74 Å². The number of piperidine rings is 2. The van der Waals surface area contributed by atoms with Crippen LogP contribution in [0.3, 0.4) is 0 Å². The van der Waals surface area contributed by atoms with Gasteiger partial charge < -0.3 is 25.2 Å². The van der Waals surface area contributed by atoms with Crippen molar-refractivity contribution in [3.8, 4) is 5.75 Å². The maximum Gasteiger partial charge on any atom is 0.410 e. The fraction of sp³-hybridized carbons (Fsp3) is 0.636. The molecular formula is C33H49N3O5. The van der Waals surface area contributed by atoms with Gasteiger partial charge in [0.05, 0.1) is 0 Å². The molecule has 1 aromatic rings. The zero-order valence-corrected chi connectivity index (χ0v) is 25.8. The number of nitrogens with one attached hydrogen (secondary N) is 1. The van der Waals surface area contributed by atoms with E-state index in [1.54, 1.807) is 23.1 Å². The number of phenols is 1. The van der Waals surface area contributed by atoms with E-state index in [1.165, 1.54) is 0 Å². The van der Waals surface area contributed by atoms with Crippen molar-refractivity contribution in [2.75, 3.05) is 26.2 Å². The second kappa shape index (κ2) is 12.1. The highest BCUT2D eigenvalue weighted by Crippen LogP contribution is 2.40. The Morgan fingerprint density at radius 3 is 2.54 bits per heavy atom. The Kier molecular flexibility index (Phi) is 9.12. The second-order valence-corrected chi connectivity index (χ2v) is 13.9. The minimum Gasteiger partial charge on any atom is -0.508 e. The number of carbonyl (C=O) groups excluding carboxylic acids is 2. The molecule has 2 fully saturated rings. The molecule has 2 unspecified atom stereocenters. The number of ether oxygens (including phenoxy) is 1. The van der Waals surface area contributed by atoms with Gasteiger partial charge in [0.25, 0.3) is 0 Å². The molecular weight excluding hydrogens is 518 g/mol. The van der Waals surface area contributed by atoms with Crippen molar-refractivity contribution < 1.29 is 24.5 Å². The summed E-state index contributed by atoms with van der Waals surface area (Å²) >= 11 is 0. The average molecular weight is 568 g/mol. The number of hydrogen-bond donors (Lipinski definition) is 3. The molecule has 226 valence electrons. The summed E-state index contributed by atoms with van der Waals surface area (Å²) in [6, 6.07) is 6.88. The van der Waals surface area contributed by atoms with Crippen LogP contribution in [0.1, 0.15) is 66.9 Å². The number of fused-ring (bicyclic) bond motifs is 1. The van der Waals surface area contributed by atoms with Gasteiger partial charge in [-0.2, -0.15) is 0 Å². The number of allylic oxidation sites excluding steroid dienone is 2. The van der Waals surface area contributed by atoms with Crippen LogP contribution in [0.15, 0.2) is 48.3 Å². The van der Waals surface area contributed by atoms with Crippen LogP contribution in [-0.4, -0.2) is 75.9 Å². The third kappa shape index (κ3) is 7.26. The zero-order valence-electron chi connectivity index (χ0n) is 25.8. The molecule has 0 radical (unpaired) electrons. The maximum absolute atomic E-state index is 13.9. The van der Waals surface area contributed by atoms with Crippen molar-refractivity contribution >= 4 is 12.0 Å². The van der Waals surface area contributed by atoms with Crippen LogP contribution in [-0.2, 0) is 14.9 Å². The topological polar surface area (TPSA) is 102 Å². The summed E-state index contributed by atoms with van der Waals surface area (Å²) in [5.41, 5.74) is 0.447. The first-order valence-corrected chi connectivity index (χ1v) is 15.1. The first-order chi connectivity index (χ1) is 19.2. The van der Waals surface area contributed by atoms with E-state index >= 15 is 0 Å². The summed E-state index contributed by atoms with van der Waals surface area (Å²) in [5, 5.41) is 23.4. The van der Waals surface area contributed by atoms with Gasteiger partial charge in [0, 0.05) is 31.6 Å². The summed E-state index contributed by atoms with van der Waals surface area (Å²) in [6.07, 6.45) is 6.33. The molecule has 3 N–H and O–H groups in total. The third-order valence-corrected chi connectivity index (χ3v) is 9.32. The first kappa shape index (κ1) is 30.9. The van der Waals surface area contributed by atoms with Crippen molar-refractivity contribution in [1.82, 2.24) is 15.1 Å². The predicted octanol–water partition coefficient (Wildman–Crippen LogP) is 5.39. The number of aromatic hydroxyl groups is 1. The number of nitrogens with zero attached hydrogens (tertiary/aromatic N) is 2. The van der Waals surface area contributed by atoms with Gasteiger partial charge in [-0.15, -0.1) is 0 Å². The molecule has 8 nitrogen and oxygen atoms in total. The van der Waals surface area contributed by atoms with Crippen LogP contribution in [0.25, 0.3) is 0 Å². The largest absolute Gasteiger partial charge is 0.508 e. The number of rotatable bonds is 6. The highest BCUT2D eigenvalue weighted by atomic mass is 16.6. The molecule has 41 heavy (non-hydrogen) atoms. The van der Waals surface area contributed by atoms with Gasteiger partial charge in [0.15, 0.2) is 0 Å². The lowest BCUT2D eigenvalue weighted by Gasteiger charge is -2.46. The normalized spacial score (nSPS) is 29.5.